The number of amides is 2. The summed E-state index contributed by atoms with van der Waals surface area (Å²) in [6.07, 6.45) is -2.72. The summed E-state index contributed by atoms with van der Waals surface area (Å²) in [4.78, 5) is 24.6. The minimum Gasteiger partial charge on any atom is -0.506 e. The Morgan fingerprint density at radius 1 is 0.975 bits per heavy atom. The standard InChI is InChI=1S/C29H23ClF3N3O4/c30-24-15-19(8-10-25(24)37)28(39)36-35-16-20-9-11-26(23-7-2-1-6-22(20)23)40-17-27(38)34-13-12-18-4-3-5-21(14-18)29(31,32)33/h1-11,14-16,37H,12-13,17H2,(H,34,38)(H,36,39)/b35-16+. The van der Waals surface area contributed by atoms with Gasteiger partial charge in [0.1, 0.15) is 11.5 Å². The lowest BCUT2D eigenvalue weighted by atomic mass is 10.0. The molecule has 0 heterocycles. The van der Waals surface area contributed by atoms with Gasteiger partial charge in [0.2, 0.25) is 0 Å². The summed E-state index contributed by atoms with van der Waals surface area (Å²) >= 11 is 5.84. The van der Waals surface area contributed by atoms with Crippen LogP contribution in [0.5, 0.6) is 11.5 Å². The molecule has 3 N–H and O–H groups in total. The maximum atomic E-state index is 12.9. The summed E-state index contributed by atoms with van der Waals surface area (Å²) in [6, 6.07) is 19.7. The third-order valence-corrected chi connectivity index (χ3v) is 6.15. The number of hydrogen-bond donors (Lipinski definition) is 3. The van der Waals surface area contributed by atoms with Gasteiger partial charge in [-0.3, -0.25) is 9.59 Å². The van der Waals surface area contributed by atoms with Gasteiger partial charge in [-0.05, 0) is 53.8 Å². The van der Waals surface area contributed by atoms with Crippen LogP contribution in [0.15, 0.2) is 84.0 Å². The molecule has 7 nitrogen and oxygen atoms in total. The van der Waals surface area contributed by atoms with Crippen LogP contribution in [-0.2, 0) is 17.4 Å². The van der Waals surface area contributed by atoms with Crippen LogP contribution < -0.4 is 15.5 Å². The number of ether oxygens (including phenoxy) is 1. The first-order chi connectivity index (χ1) is 19.1. The summed E-state index contributed by atoms with van der Waals surface area (Å²) in [5.41, 5.74) is 3.04. The number of nitrogens with one attached hydrogen (secondary N) is 2. The lowest BCUT2D eigenvalue weighted by molar-refractivity contribution is -0.137. The van der Waals surface area contributed by atoms with Gasteiger partial charge in [-0.1, -0.05) is 54.1 Å². The van der Waals surface area contributed by atoms with Crippen molar-refractivity contribution < 1.29 is 32.6 Å². The van der Waals surface area contributed by atoms with Crippen molar-refractivity contribution in [2.45, 2.75) is 12.6 Å². The predicted octanol–water partition coefficient (Wildman–Crippen LogP) is 5.72. The molecular formula is C29H23ClF3N3O4. The largest absolute Gasteiger partial charge is 0.506 e. The molecule has 0 aliphatic heterocycles. The molecular weight excluding hydrogens is 547 g/mol. The summed E-state index contributed by atoms with van der Waals surface area (Å²) in [5, 5.41) is 17.7. The summed E-state index contributed by atoms with van der Waals surface area (Å²) < 4.78 is 44.3. The van der Waals surface area contributed by atoms with Crippen LogP contribution in [0.2, 0.25) is 5.02 Å². The van der Waals surface area contributed by atoms with E-state index in [1.807, 2.05) is 24.3 Å². The zero-order valence-electron chi connectivity index (χ0n) is 20.8. The van der Waals surface area contributed by atoms with Crippen molar-refractivity contribution in [3.8, 4) is 11.5 Å². The summed E-state index contributed by atoms with van der Waals surface area (Å²) in [5.74, 6) is -0.619. The number of hydrogen-bond acceptors (Lipinski definition) is 5. The van der Waals surface area contributed by atoms with E-state index in [1.54, 1.807) is 18.2 Å². The average Bonchev–Trinajstić information content (AvgIpc) is 2.93. The van der Waals surface area contributed by atoms with Crippen molar-refractivity contribution in [2.75, 3.05) is 13.2 Å². The normalized spacial score (nSPS) is 11.5. The molecule has 4 aromatic rings. The van der Waals surface area contributed by atoms with E-state index in [9.17, 15) is 27.9 Å². The molecule has 2 amide bonds. The number of phenols is 1. The van der Waals surface area contributed by atoms with Gasteiger partial charge in [-0.15, -0.1) is 0 Å². The molecule has 0 saturated heterocycles. The van der Waals surface area contributed by atoms with E-state index in [2.05, 4.69) is 15.8 Å². The molecule has 0 radical (unpaired) electrons. The Balaban J connectivity index is 1.34. The minimum atomic E-state index is -4.42. The summed E-state index contributed by atoms with van der Waals surface area (Å²) in [7, 11) is 0. The SMILES string of the molecule is O=C(COc1ccc(/C=N/NC(=O)c2ccc(O)c(Cl)c2)c2ccccc12)NCCc1cccc(C(F)(F)F)c1. The highest BCUT2D eigenvalue weighted by Gasteiger charge is 2.30. The number of hydrazone groups is 1. The number of nitrogens with zero attached hydrogens (tertiary/aromatic N) is 1. The Morgan fingerprint density at radius 3 is 2.50 bits per heavy atom. The molecule has 206 valence electrons. The molecule has 40 heavy (non-hydrogen) atoms. The number of halogens is 4. The zero-order chi connectivity index (χ0) is 28.7. The first-order valence-electron chi connectivity index (χ1n) is 12.0. The molecule has 0 atom stereocenters. The highest BCUT2D eigenvalue weighted by molar-refractivity contribution is 6.32. The molecule has 0 unspecified atom stereocenters. The lowest BCUT2D eigenvalue weighted by Crippen LogP contribution is -2.30. The van der Waals surface area contributed by atoms with Crippen molar-refractivity contribution in [3.63, 3.8) is 0 Å². The Morgan fingerprint density at radius 2 is 1.75 bits per heavy atom. The Hall–Kier alpha value is -4.57. The van der Waals surface area contributed by atoms with Crippen LogP contribution in [0.25, 0.3) is 10.8 Å². The molecule has 0 aromatic heterocycles. The fraction of sp³-hybridized carbons (Fsp3) is 0.138. The van der Waals surface area contributed by atoms with Gasteiger partial charge in [-0.25, -0.2) is 5.43 Å². The predicted molar refractivity (Wildman–Crippen MR) is 146 cm³/mol. The van der Waals surface area contributed by atoms with Gasteiger partial charge in [0, 0.05) is 23.1 Å². The van der Waals surface area contributed by atoms with E-state index in [0.717, 1.165) is 17.5 Å². The summed E-state index contributed by atoms with van der Waals surface area (Å²) in [6.45, 7) is -0.132. The van der Waals surface area contributed by atoms with Gasteiger partial charge in [0.05, 0.1) is 16.8 Å². The fourth-order valence-corrected chi connectivity index (χ4v) is 4.03. The van der Waals surface area contributed by atoms with Crippen molar-refractivity contribution in [1.29, 1.82) is 0 Å². The second-order valence-corrected chi connectivity index (χ2v) is 9.06. The Kier molecular flexibility index (Phi) is 8.90. The molecule has 0 spiro atoms. The van der Waals surface area contributed by atoms with E-state index in [1.165, 1.54) is 30.5 Å². The molecule has 0 aliphatic rings. The topological polar surface area (TPSA) is 100 Å². The van der Waals surface area contributed by atoms with Crippen LogP contribution in [-0.4, -0.2) is 36.3 Å². The molecule has 4 rings (SSSR count). The van der Waals surface area contributed by atoms with Crippen LogP contribution in [0, 0.1) is 0 Å². The average molecular weight is 570 g/mol. The molecule has 0 saturated carbocycles. The van der Waals surface area contributed by atoms with Gasteiger partial charge in [-0.2, -0.15) is 18.3 Å². The fourth-order valence-electron chi connectivity index (χ4n) is 3.85. The number of rotatable bonds is 9. The number of fused-ring (bicyclic) bond motifs is 1. The third-order valence-electron chi connectivity index (χ3n) is 5.85. The smallest absolute Gasteiger partial charge is 0.416 e. The first kappa shape index (κ1) is 28.4. The van der Waals surface area contributed by atoms with E-state index in [4.69, 9.17) is 16.3 Å². The van der Waals surface area contributed by atoms with E-state index < -0.39 is 23.6 Å². The lowest BCUT2D eigenvalue weighted by Gasteiger charge is -2.12. The number of benzene rings is 4. The van der Waals surface area contributed by atoms with E-state index >= 15 is 0 Å². The zero-order valence-corrected chi connectivity index (χ0v) is 21.6. The number of aromatic hydroxyl groups is 1. The monoisotopic (exact) mass is 569 g/mol. The molecule has 0 fully saturated rings. The maximum absolute atomic E-state index is 12.9. The highest BCUT2D eigenvalue weighted by Crippen LogP contribution is 2.30. The molecule has 0 aliphatic carbocycles. The third kappa shape index (κ3) is 7.29. The molecule has 11 heteroatoms. The van der Waals surface area contributed by atoms with Gasteiger partial charge < -0.3 is 15.2 Å². The molecule has 4 aromatic carbocycles. The second-order valence-electron chi connectivity index (χ2n) is 8.65. The first-order valence-corrected chi connectivity index (χ1v) is 12.4. The van der Waals surface area contributed by atoms with Crippen LogP contribution in [0.3, 0.4) is 0 Å². The number of carbonyl (C=O) groups is 2. The second kappa shape index (κ2) is 12.5. The number of alkyl halides is 3. The van der Waals surface area contributed by atoms with E-state index in [-0.39, 0.29) is 35.9 Å². The van der Waals surface area contributed by atoms with Gasteiger partial charge in [0.15, 0.2) is 6.61 Å². The van der Waals surface area contributed by atoms with Crippen molar-refractivity contribution in [1.82, 2.24) is 10.7 Å². The Bertz CT molecular complexity index is 1570. The highest BCUT2D eigenvalue weighted by atomic mass is 35.5. The quantitative estimate of drug-likeness (QED) is 0.177. The number of phenolic OH excluding ortho intramolecular Hbond substituents is 1. The minimum absolute atomic E-state index is 0.0441. The van der Waals surface area contributed by atoms with Crippen molar-refractivity contribution >= 4 is 40.4 Å². The number of carbonyl (C=O) groups excluding carboxylic acids is 2. The van der Waals surface area contributed by atoms with Crippen LogP contribution in [0.1, 0.15) is 27.0 Å². The Labute approximate surface area is 232 Å². The van der Waals surface area contributed by atoms with Crippen molar-refractivity contribution in [2.24, 2.45) is 5.10 Å². The van der Waals surface area contributed by atoms with Crippen molar-refractivity contribution in [3.05, 3.63) is 106 Å². The maximum Gasteiger partial charge on any atom is 0.416 e. The van der Waals surface area contributed by atoms with Crippen LogP contribution in [0.4, 0.5) is 13.2 Å². The molecule has 0 bridgehead atoms. The van der Waals surface area contributed by atoms with Gasteiger partial charge >= 0.3 is 6.18 Å². The van der Waals surface area contributed by atoms with Crippen LogP contribution >= 0.6 is 11.6 Å². The van der Waals surface area contributed by atoms with E-state index in [0.29, 0.717) is 22.3 Å². The van der Waals surface area contributed by atoms with Gasteiger partial charge in [0.25, 0.3) is 11.8 Å².